The number of fused-ring (bicyclic) bond motifs is 1. The Hall–Kier alpha value is -1.39. The van der Waals surface area contributed by atoms with Gasteiger partial charge in [-0.15, -0.1) is 0 Å². The van der Waals surface area contributed by atoms with Crippen LogP contribution in [0.15, 0.2) is 24.3 Å². The number of hydrogen-bond acceptors (Lipinski definition) is 3. The van der Waals surface area contributed by atoms with E-state index >= 15 is 0 Å². The summed E-state index contributed by atoms with van der Waals surface area (Å²) in [6.07, 6.45) is 0.998. The molecular weight excluding hydrogens is 226 g/mol. The van der Waals surface area contributed by atoms with Crippen LogP contribution in [-0.4, -0.2) is 44.5 Å². The van der Waals surface area contributed by atoms with Crippen molar-refractivity contribution in [1.29, 1.82) is 0 Å². The highest BCUT2D eigenvalue weighted by Crippen LogP contribution is 2.22. The average Bonchev–Trinajstić information content (AvgIpc) is 2.37. The number of rotatable bonds is 4. The number of nitrogens with one attached hydrogen (secondary N) is 2. The van der Waals surface area contributed by atoms with E-state index in [-0.39, 0.29) is 11.9 Å². The van der Waals surface area contributed by atoms with E-state index in [1.807, 2.05) is 32.3 Å². The molecule has 0 bridgehead atoms. The summed E-state index contributed by atoms with van der Waals surface area (Å²) in [4.78, 5) is 14.2. The van der Waals surface area contributed by atoms with Crippen LogP contribution >= 0.6 is 0 Å². The van der Waals surface area contributed by atoms with E-state index in [0.717, 1.165) is 25.1 Å². The molecule has 0 aromatic heterocycles. The van der Waals surface area contributed by atoms with Crippen LogP contribution in [0.2, 0.25) is 0 Å². The van der Waals surface area contributed by atoms with Crippen LogP contribution in [0, 0.1) is 0 Å². The minimum Gasteiger partial charge on any atom is -0.353 e. The van der Waals surface area contributed by atoms with E-state index in [1.165, 1.54) is 5.56 Å². The summed E-state index contributed by atoms with van der Waals surface area (Å²) >= 11 is 0. The van der Waals surface area contributed by atoms with Crippen LogP contribution in [-0.2, 0) is 11.2 Å². The Kier molecular flexibility index (Phi) is 4.33. The predicted octanol–water partition coefficient (Wildman–Crippen LogP) is 0.551. The van der Waals surface area contributed by atoms with E-state index in [4.69, 9.17) is 0 Å². The molecule has 0 radical (unpaired) electrons. The summed E-state index contributed by atoms with van der Waals surface area (Å²) in [6.45, 7) is 2.41. The number of amides is 1. The third-order valence-corrected chi connectivity index (χ3v) is 3.23. The maximum absolute atomic E-state index is 12.2. The molecule has 1 atom stereocenters. The summed E-state index contributed by atoms with van der Waals surface area (Å²) < 4.78 is 0. The van der Waals surface area contributed by atoms with E-state index in [9.17, 15) is 4.79 Å². The lowest BCUT2D eigenvalue weighted by Gasteiger charge is -2.26. The highest BCUT2D eigenvalue weighted by atomic mass is 16.2. The second-order valence-corrected chi connectivity index (χ2v) is 4.93. The number of benzene rings is 1. The SMILES string of the molecule is CN(C)CCNC(=O)C1NCCc2ccccc21. The lowest BCUT2D eigenvalue weighted by Crippen LogP contribution is -2.43. The molecular formula is C14H21N3O. The lowest BCUT2D eigenvalue weighted by molar-refractivity contribution is -0.123. The predicted molar refractivity (Wildman–Crippen MR) is 72.5 cm³/mol. The Morgan fingerprint density at radius 3 is 3.00 bits per heavy atom. The standard InChI is InChI=1S/C14H21N3O/c1-17(2)10-9-16-14(18)13-12-6-4-3-5-11(12)7-8-15-13/h3-6,13,15H,7-10H2,1-2H3,(H,16,18). The molecule has 1 amide bonds. The molecule has 1 aromatic rings. The quantitative estimate of drug-likeness (QED) is 0.817. The van der Waals surface area contributed by atoms with Gasteiger partial charge in [0.25, 0.3) is 0 Å². The maximum atomic E-state index is 12.2. The zero-order valence-electron chi connectivity index (χ0n) is 11.1. The largest absolute Gasteiger partial charge is 0.353 e. The molecule has 1 unspecified atom stereocenters. The summed E-state index contributed by atoms with van der Waals surface area (Å²) in [5, 5.41) is 6.27. The summed E-state index contributed by atoms with van der Waals surface area (Å²) in [5.41, 5.74) is 2.40. The zero-order chi connectivity index (χ0) is 13.0. The van der Waals surface area contributed by atoms with Gasteiger partial charge in [0.1, 0.15) is 6.04 Å². The molecule has 1 aliphatic rings. The van der Waals surface area contributed by atoms with E-state index in [0.29, 0.717) is 6.54 Å². The fourth-order valence-corrected chi connectivity index (χ4v) is 2.24. The van der Waals surface area contributed by atoms with Gasteiger partial charge >= 0.3 is 0 Å². The zero-order valence-corrected chi connectivity index (χ0v) is 11.1. The van der Waals surface area contributed by atoms with Crippen molar-refractivity contribution in [2.75, 3.05) is 33.7 Å². The summed E-state index contributed by atoms with van der Waals surface area (Å²) in [7, 11) is 4.00. The fraction of sp³-hybridized carbons (Fsp3) is 0.500. The number of hydrogen-bond donors (Lipinski definition) is 2. The van der Waals surface area contributed by atoms with Crippen molar-refractivity contribution in [1.82, 2.24) is 15.5 Å². The molecule has 0 spiro atoms. The summed E-state index contributed by atoms with van der Waals surface area (Å²) in [5.74, 6) is 0.0731. The Morgan fingerprint density at radius 2 is 2.22 bits per heavy atom. The monoisotopic (exact) mass is 247 g/mol. The highest BCUT2D eigenvalue weighted by molar-refractivity contribution is 5.83. The molecule has 1 aromatic carbocycles. The molecule has 0 fully saturated rings. The van der Waals surface area contributed by atoms with Gasteiger partial charge in [-0.1, -0.05) is 24.3 Å². The number of nitrogens with zero attached hydrogens (tertiary/aromatic N) is 1. The van der Waals surface area contributed by atoms with E-state index < -0.39 is 0 Å². The fourth-order valence-electron chi connectivity index (χ4n) is 2.24. The Balaban J connectivity index is 1.99. The lowest BCUT2D eigenvalue weighted by atomic mass is 9.94. The molecule has 0 saturated heterocycles. The maximum Gasteiger partial charge on any atom is 0.241 e. The van der Waals surface area contributed by atoms with Gasteiger partial charge in [-0.05, 0) is 31.6 Å². The molecule has 0 saturated carbocycles. The molecule has 2 rings (SSSR count). The van der Waals surface area contributed by atoms with Gasteiger partial charge in [0.15, 0.2) is 0 Å². The molecule has 4 heteroatoms. The minimum absolute atomic E-state index is 0.0731. The van der Waals surface area contributed by atoms with E-state index in [1.54, 1.807) is 0 Å². The first kappa shape index (κ1) is 13.1. The van der Waals surface area contributed by atoms with Crippen LogP contribution in [0.25, 0.3) is 0 Å². The van der Waals surface area contributed by atoms with Crippen molar-refractivity contribution in [2.45, 2.75) is 12.5 Å². The first-order chi connectivity index (χ1) is 8.68. The van der Waals surface area contributed by atoms with Crippen LogP contribution in [0.5, 0.6) is 0 Å². The average molecular weight is 247 g/mol. The van der Waals surface area contributed by atoms with Gasteiger partial charge in [0.2, 0.25) is 5.91 Å². The Morgan fingerprint density at radius 1 is 1.44 bits per heavy atom. The van der Waals surface area contributed by atoms with Gasteiger partial charge in [-0.2, -0.15) is 0 Å². The smallest absolute Gasteiger partial charge is 0.241 e. The first-order valence-electron chi connectivity index (χ1n) is 6.42. The van der Waals surface area contributed by atoms with Crippen molar-refractivity contribution in [2.24, 2.45) is 0 Å². The molecule has 18 heavy (non-hydrogen) atoms. The van der Waals surface area contributed by atoms with Crippen LogP contribution in [0.1, 0.15) is 17.2 Å². The third kappa shape index (κ3) is 3.09. The van der Waals surface area contributed by atoms with Crippen molar-refractivity contribution in [3.05, 3.63) is 35.4 Å². The highest BCUT2D eigenvalue weighted by Gasteiger charge is 2.25. The van der Waals surface area contributed by atoms with Crippen molar-refractivity contribution < 1.29 is 4.79 Å². The van der Waals surface area contributed by atoms with Gasteiger partial charge in [0, 0.05) is 19.6 Å². The molecule has 1 aliphatic heterocycles. The number of likely N-dealkylation sites (N-methyl/N-ethyl adjacent to an activating group) is 1. The Bertz CT molecular complexity index is 417. The van der Waals surface area contributed by atoms with Crippen molar-refractivity contribution >= 4 is 5.91 Å². The molecule has 1 heterocycles. The van der Waals surface area contributed by atoms with Gasteiger partial charge in [-0.25, -0.2) is 0 Å². The first-order valence-corrected chi connectivity index (χ1v) is 6.42. The van der Waals surface area contributed by atoms with Crippen molar-refractivity contribution in [3.63, 3.8) is 0 Å². The number of carbonyl (C=O) groups is 1. The van der Waals surface area contributed by atoms with Crippen LogP contribution in [0.4, 0.5) is 0 Å². The van der Waals surface area contributed by atoms with Gasteiger partial charge in [-0.3, -0.25) is 4.79 Å². The van der Waals surface area contributed by atoms with Crippen LogP contribution in [0.3, 0.4) is 0 Å². The van der Waals surface area contributed by atoms with E-state index in [2.05, 4.69) is 21.6 Å². The molecule has 98 valence electrons. The minimum atomic E-state index is -0.197. The molecule has 2 N–H and O–H groups in total. The van der Waals surface area contributed by atoms with Crippen LogP contribution < -0.4 is 10.6 Å². The van der Waals surface area contributed by atoms with Gasteiger partial charge in [0.05, 0.1) is 0 Å². The third-order valence-electron chi connectivity index (χ3n) is 3.23. The molecule has 0 aliphatic carbocycles. The number of carbonyl (C=O) groups excluding carboxylic acids is 1. The second kappa shape index (κ2) is 5.98. The van der Waals surface area contributed by atoms with Gasteiger partial charge < -0.3 is 15.5 Å². The summed E-state index contributed by atoms with van der Waals surface area (Å²) in [6, 6.07) is 7.97. The Labute approximate surface area is 108 Å². The molecule has 4 nitrogen and oxygen atoms in total. The normalized spacial score (nSPS) is 18.5. The van der Waals surface area contributed by atoms with Crippen molar-refractivity contribution in [3.8, 4) is 0 Å². The second-order valence-electron chi connectivity index (χ2n) is 4.93. The topological polar surface area (TPSA) is 44.4 Å².